The molecule has 0 aliphatic carbocycles. The van der Waals surface area contributed by atoms with Crippen molar-refractivity contribution in [3.8, 4) is 11.3 Å². The summed E-state index contributed by atoms with van der Waals surface area (Å²) in [6.45, 7) is 4.12. The van der Waals surface area contributed by atoms with E-state index in [9.17, 15) is 4.79 Å². The minimum atomic E-state index is -0.142. The summed E-state index contributed by atoms with van der Waals surface area (Å²) >= 11 is 13.5. The summed E-state index contributed by atoms with van der Waals surface area (Å²) in [7, 11) is 0. The van der Waals surface area contributed by atoms with Gasteiger partial charge in [-0.05, 0) is 54.2 Å². The first-order valence-electron chi connectivity index (χ1n) is 9.06. The summed E-state index contributed by atoms with van der Waals surface area (Å²) in [4.78, 5) is 19.6. The second-order valence-electron chi connectivity index (χ2n) is 6.37. The van der Waals surface area contributed by atoms with Crippen molar-refractivity contribution < 1.29 is 9.21 Å². The number of nitrogens with zero attached hydrogens (tertiary/aromatic N) is 2. The van der Waals surface area contributed by atoms with Crippen LogP contribution in [0.15, 0.2) is 87.6 Å². The number of amides is 1. The molecule has 30 heavy (non-hydrogen) atoms. The number of amidine groups is 1. The SMILES string of the molecule is C=CCN1C(=O)/C(=C\c2ccc(-c3ccc(Cl)cc3Cl)o2)SC1=Nc1ccccc1. The Bertz CT molecular complexity index is 1170. The normalized spacial score (nSPS) is 16.6. The third-order valence-corrected chi connectivity index (χ3v) is 5.83. The van der Waals surface area contributed by atoms with Crippen LogP contribution in [0.3, 0.4) is 0 Å². The Hall–Kier alpha value is -2.73. The number of hydrogen-bond acceptors (Lipinski definition) is 4. The number of para-hydroxylation sites is 1. The average Bonchev–Trinajstić information content (AvgIpc) is 3.30. The Kier molecular flexibility index (Phi) is 6.13. The molecule has 1 amide bonds. The van der Waals surface area contributed by atoms with E-state index in [1.807, 2.05) is 36.4 Å². The molecule has 1 fully saturated rings. The van der Waals surface area contributed by atoms with E-state index in [0.717, 1.165) is 11.3 Å². The van der Waals surface area contributed by atoms with Crippen LogP contribution in [0.2, 0.25) is 10.0 Å². The van der Waals surface area contributed by atoms with Crippen molar-refractivity contribution in [3.05, 3.63) is 94.0 Å². The van der Waals surface area contributed by atoms with Crippen molar-refractivity contribution in [2.24, 2.45) is 4.99 Å². The van der Waals surface area contributed by atoms with Gasteiger partial charge in [-0.1, -0.05) is 47.5 Å². The molecule has 4 nitrogen and oxygen atoms in total. The summed E-state index contributed by atoms with van der Waals surface area (Å²) in [5, 5.41) is 1.65. The highest BCUT2D eigenvalue weighted by Crippen LogP contribution is 2.36. The van der Waals surface area contributed by atoms with Crippen molar-refractivity contribution in [1.82, 2.24) is 4.90 Å². The zero-order valence-electron chi connectivity index (χ0n) is 15.7. The molecule has 1 aliphatic rings. The number of carbonyl (C=O) groups excluding carboxylic acids is 1. The number of aliphatic imine (C=N–C) groups is 1. The summed E-state index contributed by atoms with van der Waals surface area (Å²) in [5.74, 6) is 1.00. The molecule has 0 atom stereocenters. The summed E-state index contributed by atoms with van der Waals surface area (Å²) in [6.07, 6.45) is 3.39. The molecule has 1 saturated heterocycles. The Morgan fingerprint density at radius 3 is 2.63 bits per heavy atom. The van der Waals surface area contributed by atoms with Gasteiger partial charge in [-0.3, -0.25) is 9.69 Å². The van der Waals surface area contributed by atoms with E-state index in [-0.39, 0.29) is 5.91 Å². The third-order valence-electron chi connectivity index (χ3n) is 4.28. The molecule has 1 aliphatic heterocycles. The van der Waals surface area contributed by atoms with Gasteiger partial charge >= 0.3 is 0 Å². The molecular weight excluding hydrogens is 439 g/mol. The van der Waals surface area contributed by atoms with E-state index in [0.29, 0.717) is 38.2 Å². The Morgan fingerprint density at radius 2 is 1.90 bits per heavy atom. The number of furan rings is 1. The van der Waals surface area contributed by atoms with Crippen LogP contribution in [0, 0.1) is 0 Å². The molecule has 1 aromatic heterocycles. The van der Waals surface area contributed by atoms with Crippen LogP contribution in [0.4, 0.5) is 5.69 Å². The lowest BCUT2D eigenvalue weighted by Gasteiger charge is -2.12. The molecular formula is C23H16Cl2N2O2S. The van der Waals surface area contributed by atoms with Crippen LogP contribution >= 0.6 is 35.0 Å². The standard InChI is InChI=1S/C23H16Cl2N2O2S/c1-2-12-27-22(28)21(30-23(27)26-16-6-4-3-5-7-16)14-17-9-11-20(29-17)18-10-8-15(24)13-19(18)25/h2-11,13-14H,1,12H2/b21-14+,26-23?. The number of benzene rings is 2. The molecule has 150 valence electrons. The van der Waals surface area contributed by atoms with Gasteiger partial charge in [0.15, 0.2) is 5.17 Å². The number of carbonyl (C=O) groups is 1. The van der Waals surface area contributed by atoms with Crippen molar-refractivity contribution in [2.75, 3.05) is 6.54 Å². The van der Waals surface area contributed by atoms with Crippen molar-refractivity contribution in [2.45, 2.75) is 0 Å². The number of rotatable bonds is 5. The highest BCUT2D eigenvalue weighted by atomic mass is 35.5. The third kappa shape index (κ3) is 4.38. The van der Waals surface area contributed by atoms with Gasteiger partial charge in [0.25, 0.3) is 5.91 Å². The van der Waals surface area contributed by atoms with E-state index < -0.39 is 0 Å². The van der Waals surface area contributed by atoms with Gasteiger partial charge in [-0.2, -0.15) is 0 Å². The topological polar surface area (TPSA) is 45.8 Å². The molecule has 0 unspecified atom stereocenters. The maximum Gasteiger partial charge on any atom is 0.267 e. The van der Waals surface area contributed by atoms with Crippen LogP contribution in [-0.4, -0.2) is 22.5 Å². The average molecular weight is 455 g/mol. The molecule has 0 bridgehead atoms. The lowest BCUT2D eigenvalue weighted by Crippen LogP contribution is -2.29. The van der Waals surface area contributed by atoms with E-state index in [1.54, 1.807) is 41.3 Å². The predicted molar refractivity (Wildman–Crippen MR) is 125 cm³/mol. The summed E-state index contributed by atoms with van der Waals surface area (Å²) in [5.41, 5.74) is 1.51. The first-order chi connectivity index (χ1) is 14.5. The largest absolute Gasteiger partial charge is 0.457 e. The molecule has 0 radical (unpaired) electrons. The van der Waals surface area contributed by atoms with Crippen molar-refractivity contribution >= 4 is 57.8 Å². The molecule has 0 saturated carbocycles. The highest BCUT2D eigenvalue weighted by molar-refractivity contribution is 8.18. The van der Waals surface area contributed by atoms with Crippen LogP contribution in [0.25, 0.3) is 17.4 Å². The molecule has 7 heteroatoms. The summed E-state index contributed by atoms with van der Waals surface area (Å²) < 4.78 is 5.90. The number of halogens is 2. The van der Waals surface area contributed by atoms with Gasteiger partial charge in [-0.15, -0.1) is 6.58 Å². The predicted octanol–water partition coefficient (Wildman–Crippen LogP) is 7.04. The minimum Gasteiger partial charge on any atom is -0.457 e. The second-order valence-corrected chi connectivity index (χ2v) is 8.22. The van der Waals surface area contributed by atoms with E-state index in [1.165, 1.54) is 11.8 Å². The van der Waals surface area contributed by atoms with Gasteiger partial charge < -0.3 is 4.42 Å². The van der Waals surface area contributed by atoms with E-state index >= 15 is 0 Å². The van der Waals surface area contributed by atoms with Crippen LogP contribution < -0.4 is 0 Å². The van der Waals surface area contributed by atoms with Gasteiger partial charge in [0, 0.05) is 23.2 Å². The fourth-order valence-electron chi connectivity index (χ4n) is 2.89. The minimum absolute atomic E-state index is 0.142. The maximum atomic E-state index is 12.9. The molecule has 0 spiro atoms. The van der Waals surface area contributed by atoms with Gasteiger partial charge in [0.1, 0.15) is 11.5 Å². The van der Waals surface area contributed by atoms with Crippen LogP contribution in [0.1, 0.15) is 5.76 Å². The van der Waals surface area contributed by atoms with Gasteiger partial charge in [-0.25, -0.2) is 4.99 Å². The van der Waals surface area contributed by atoms with Crippen LogP contribution in [0.5, 0.6) is 0 Å². The molecule has 2 heterocycles. The maximum absolute atomic E-state index is 12.9. The first-order valence-corrected chi connectivity index (χ1v) is 10.6. The Balaban J connectivity index is 1.64. The van der Waals surface area contributed by atoms with E-state index in [4.69, 9.17) is 27.6 Å². The lowest BCUT2D eigenvalue weighted by atomic mass is 10.2. The summed E-state index contributed by atoms with van der Waals surface area (Å²) in [6, 6.07) is 18.3. The zero-order chi connectivity index (χ0) is 21.1. The molecule has 4 rings (SSSR count). The fraction of sp³-hybridized carbons (Fsp3) is 0.0435. The fourth-order valence-corrected chi connectivity index (χ4v) is 4.38. The van der Waals surface area contributed by atoms with Crippen molar-refractivity contribution in [1.29, 1.82) is 0 Å². The number of thioether (sulfide) groups is 1. The Labute approximate surface area is 188 Å². The van der Waals surface area contributed by atoms with Gasteiger partial charge in [0.05, 0.1) is 15.6 Å². The monoisotopic (exact) mass is 454 g/mol. The molecule has 2 aromatic carbocycles. The second kappa shape index (κ2) is 8.96. The molecule has 3 aromatic rings. The molecule has 0 N–H and O–H groups in total. The quantitative estimate of drug-likeness (QED) is 0.306. The highest BCUT2D eigenvalue weighted by Gasteiger charge is 2.32. The zero-order valence-corrected chi connectivity index (χ0v) is 18.0. The van der Waals surface area contributed by atoms with E-state index in [2.05, 4.69) is 11.6 Å². The van der Waals surface area contributed by atoms with Crippen LogP contribution in [-0.2, 0) is 4.79 Å². The number of hydrogen-bond donors (Lipinski definition) is 0. The van der Waals surface area contributed by atoms with Crippen molar-refractivity contribution in [3.63, 3.8) is 0 Å². The van der Waals surface area contributed by atoms with Gasteiger partial charge in [0.2, 0.25) is 0 Å². The smallest absolute Gasteiger partial charge is 0.267 e. The Morgan fingerprint density at radius 1 is 1.10 bits per heavy atom. The first kappa shape index (κ1) is 20.5. The lowest BCUT2D eigenvalue weighted by molar-refractivity contribution is -0.121.